The zero-order valence-corrected chi connectivity index (χ0v) is 12.3. The van der Waals surface area contributed by atoms with Crippen LogP contribution in [0.3, 0.4) is 0 Å². The monoisotopic (exact) mass is 293 g/mol. The Hall–Kier alpha value is -2.57. The molecular weight excluding hydrogens is 274 g/mol. The number of aryl methyl sites for hydroxylation is 1. The van der Waals surface area contributed by atoms with Crippen molar-refractivity contribution in [2.24, 2.45) is 0 Å². The summed E-state index contributed by atoms with van der Waals surface area (Å²) in [5.41, 5.74) is 0.877. The van der Waals surface area contributed by atoms with Crippen LogP contribution in [0.2, 0.25) is 0 Å². The van der Waals surface area contributed by atoms with Gasteiger partial charge in [-0.05, 0) is 25.5 Å². The number of carboxylic acids is 1. The zero-order chi connectivity index (χ0) is 16.0. The first kappa shape index (κ1) is 16.5. The Bertz CT molecular complexity index is 557. The van der Waals surface area contributed by atoms with Gasteiger partial charge >= 0.3 is 12.0 Å². The van der Waals surface area contributed by atoms with Crippen LogP contribution in [0.1, 0.15) is 22.8 Å². The maximum atomic E-state index is 12.0. The third kappa shape index (κ3) is 4.48. The van der Waals surface area contributed by atoms with Crippen LogP contribution in [0.5, 0.6) is 0 Å². The van der Waals surface area contributed by atoms with Crippen LogP contribution in [0.4, 0.5) is 10.5 Å². The Kier molecular flexibility index (Phi) is 5.71. The summed E-state index contributed by atoms with van der Waals surface area (Å²) in [6.45, 7) is 3.86. The molecule has 7 heteroatoms. The van der Waals surface area contributed by atoms with E-state index in [-0.39, 0.29) is 23.7 Å². The number of para-hydroxylation sites is 1. The zero-order valence-electron chi connectivity index (χ0n) is 12.3. The molecule has 0 bridgehead atoms. The highest BCUT2D eigenvalue weighted by Crippen LogP contribution is 2.20. The summed E-state index contributed by atoms with van der Waals surface area (Å²) in [6, 6.07) is 4.17. The molecule has 0 radical (unpaired) electrons. The lowest BCUT2D eigenvalue weighted by Crippen LogP contribution is -2.40. The fourth-order valence-corrected chi connectivity index (χ4v) is 1.75. The third-order valence-electron chi connectivity index (χ3n) is 2.84. The number of carbonyl (C=O) groups is 3. The summed E-state index contributed by atoms with van der Waals surface area (Å²) < 4.78 is 0. The quantitative estimate of drug-likeness (QED) is 0.762. The van der Waals surface area contributed by atoms with Crippen LogP contribution in [0.15, 0.2) is 18.2 Å². The van der Waals surface area contributed by atoms with Crippen LogP contribution in [0, 0.1) is 6.92 Å². The molecule has 1 rings (SSSR count). The number of nitrogens with one attached hydrogen (secondary N) is 2. The van der Waals surface area contributed by atoms with Crippen molar-refractivity contribution in [2.75, 3.05) is 25.5 Å². The van der Waals surface area contributed by atoms with Gasteiger partial charge in [0.05, 0.1) is 11.3 Å². The Morgan fingerprint density at radius 2 is 1.95 bits per heavy atom. The second-order valence-electron chi connectivity index (χ2n) is 4.54. The van der Waals surface area contributed by atoms with Gasteiger partial charge in [0.15, 0.2) is 0 Å². The lowest BCUT2D eigenvalue weighted by molar-refractivity contribution is -0.121. The van der Waals surface area contributed by atoms with Crippen molar-refractivity contribution in [3.05, 3.63) is 29.3 Å². The first-order chi connectivity index (χ1) is 9.86. The highest BCUT2D eigenvalue weighted by molar-refractivity contribution is 6.01. The van der Waals surface area contributed by atoms with Crippen LogP contribution in [-0.4, -0.2) is 48.1 Å². The number of aromatic carboxylic acids is 1. The molecule has 7 nitrogen and oxygen atoms in total. The molecule has 1 aromatic rings. The molecule has 3 N–H and O–H groups in total. The van der Waals surface area contributed by atoms with Gasteiger partial charge in [-0.3, -0.25) is 4.79 Å². The van der Waals surface area contributed by atoms with E-state index >= 15 is 0 Å². The molecule has 0 aliphatic rings. The molecule has 0 fully saturated rings. The largest absolute Gasteiger partial charge is 0.478 e. The SMILES string of the molecule is CCNC(=O)CN(C)C(=O)Nc1c(C)cccc1C(=O)O. The van der Waals surface area contributed by atoms with Crippen molar-refractivity contribution in [3.63, 3.8) is 0 Å². The van der Waals surface area contributed by atoms with Crippen molar-refractivity contribution < 1.29 is 19.5 Å². The number of urea groups is 1. The highest BCUT2D eigenvalue weighted by atomic mass is 16.4. The lowest BCUT2D eigenvalue weighted by Gasteiger charge is -2.19. The molecule has 1 aromatic carbocycles. The molecule has 0 saturated carbocycles. The molecule has 3 amide bonds. The Labute approximate surface area is 122 Å². The van der Waals surface area contributed by atoms with Gasteiger partial charge in [0.1, 0.15) is 6.54 Å². The molecule has 21 heavy (non-hydrogen) atoms. The topological polar surface area (TPSA) is 98.7 Å². The number of nitrogens with zero attached hydrogens (tertiary/aromatic N) is 1. The van der Waals surface area contributed by atoms with Crippen molar-refractivity contribution >= 4 is 23.6 Å². The molecule has 0 spiro atoms. The van der Waals surface area contributed by atoms with Gasteiger partial charge < -0.3 is 20.6 Å². The fraction of sp³-hybridized carbons (Fsp3) is 0.357. The molecule has 114 valence electrons. The predicted molar refractivity (Wildman–Crippen MR) is 78.5 cm³/mol. The van der Waals surface area contributed by atoms with Crippen molar-refractivity contribution in [1.29, 1.82) is 0 Å². The van der Waals surface area contributed by atoms with E-state index in [2.05, 4.69) is 10.6 Å². The number of likely N-dealkylation sites (N-methyl/N-ethyl adjacent to an activating group) is 2. The molecule has 0 aliphatic heterocycles. The van der Waals surface area contributed by atoms with E-state index in [0.717, 1.165) is 0 Å². The number of anilines is 1. The molecule has 0 heterocycles. The normalized spacial score (nSPS) is 9.86. The minimum absolute atomic E-state index is 0.00904. The Morgan fingerprint density at radius 3 is 2.52 bits per heavy atom. The van der Waals surface area contributed by atoms with Crippen molar-refractivity contribution in [1.82, 2.24) is 10.2 Å². The van der Waals surface area contributed by atoms with Gasteiger partial charge in [0.2, 0.25) is 5.91 Å². The van der Waals surface area contributed by atoms with E-state index in [1.807, 2.05) is 0 Å². The number of hydrogen-bond donors (Lipinski definition) is 3. The highest BCUT2D eigenvalue weighted by Gasteiger charge is 2.17. The second-order valence-corrected chi connectivity index (χ2v) is 4.54. The van der Waals surface area contributed by atoms with Crippen molar-refractivity contribution in [2.45, 2.75) is 13.8 Å². The average molecular weight is 293 g/mol. The number of amides is 3. The lowest BCUT2D eigenvalue weighted by atomic mass is 10.1. The van der Waals surface area contributed by atoms with E-state index in [4.69, 9.17) is 5.11 Å². The third-order valence-corrected chi connectivity index (χ3v) is 2.84. The standard InChI is InChI=1S/C14H19N3O4/c1-4-15-11(18)8-17(3)14(21)16-12-9(2)6-5-7-10(12)13(19)20/h5-7H,4,8H2,1-3H3,(H,15,18)(H,16,21)(H,19,20). The van der Waals surface area contributed by atoms with Crippen LogP contribution in [0.25, 0.3) is 0 Å². The molecular formula is C14H19N3O4. The first-order valence-electron chi connectivity index (χ1n) is 6.48. The molecule has 0 aliphatic carbocycles. The van der Waals surface area contributed by atoms with Crippen LogP contribution in [-0.2, 0) is 4.79 Å². The second kappa shape index (κ2) is 7.28. The number of carbonyl (C=O) groups excluding carboxylic acids is 2. The smallest absolute Gasteiger partial charge is 0.337 e. The Balaban J connectivity index is 2.84. The minimum atomic E-state index is -1.12. The summed E-state index contributed by atoms with van der Waals surface area (Å²) in [7, 11) is 1.46. The van der Waals surface area contributed by atoms with E-state index in [0.29, 0.717) is 12.1 Å². The van der Waals surface area contributed by atoms with Crippen LogP contribution < -0.4 is 10.6 Å². The first-order valence-corrected chi connectivity index (χ1v) is 6.48. The van der Waals surface area contributed by atoms with E-state index in [1.54, 1.807) is 26.0 Å². The summed E-state index contributed by atoms with van der Waals surface area (Å²) in [5.74, 6) is -1.40. The summed E-state index contributed by atoms with van der Waals surface area (Å²) in [6.07, 6.45) is 0. The average Bonchev–Trinajstić information content (AvgIpc) is 2.40. The molecule has 0 aromatic heterocycles. The van der Waals surface area contributed by atoms with Crippen molar-refractivity contribution in [3.8, 4) is 0 Å². The predicted octanol–water partition coefficient (Wildman–Crippen LogP) is 1.29. The Morgan fingerprint density at radius 1 is 1.29 bits per heavy atom. The maximum absolute atomic E-state index is 12.0. The molecule has 0 saturated heterocycles. The van der Waals surface area contributed by atoms with E-state index < -0.39 is 12.0 Å². The number of rotatable bonds is 5. The fourth-order valence-electron chi connectivity index (χ4n) is 1.75. The molecule has 0 unspecified atom stereocenters. The summed E-state index contributed by atoms with van der Waals surface area (Å²) in [4.78, 5) is 35.8. The van der Waals surface area contributed by atoms with Gasteiger partial charge in [-0.2, -0.15) is 0 Å². The number of benzene rings is 1. The summed E-state index contributed by atoms with van der Waals surface area (Å²) in [5, 5.41) is 14.2. The molecule has 0 atom stereocenters. The van der Waals surface area contributed by atoms with E-state index in [1.165, 1.54) is 18.0 Å². The number of carboxylic acid groups (broad SMARTS) is 1. The van der Waals surface area contributed by atoms with E-state index in [9.17, 15) is 14.4 Å². The van der Waals surface area contributed by atoms with Crippen LogP contribution >= 0.6 is 0 Å². The van der Waals surface area contributed by atoms with Gasteiger partial charge in [-0.15, -0.1) is 0 Å². The van der Waals surface area contributed by atoms with Gasteiger partial charge in [0, 0.05) is 13.6 Å². The van der Waals surface area contributed by atoms with Gasteiger partial charge in [-0.25, -0.2) is 9.59 Å². The van der Waals surface area contributed by atoms with Gasteiger partial charge in [-0.1, -0.05) is 12.1 Å². The maximum Gasteiger partial charge on any atom is 0.337 e. The minimum Gasteiger partial charge on any atom is -0.478 e. The van der Waals surface area contributed by atoms with Gasteiger partial charge in [0.25, 0.3) is 0 Å². The summed E-state index contributed by atoms with van der Waals surface area (Å²) >= 11 is 0. The number of hydrogen-bond acceptors (Lipinski definition) is 3.